The molecule has 2 rings (SSSR count). The minimum absolute atomic E-state index is 0.868. The maximum Gasteiger partial charge on any atom is 0.202 e. The molecule has 1 aromatic carbocycles. The van der Waals surface area contributed by atoms with Crippen LogP contribution in [0.25, 0.3) is 0 Å². The molecule has 0 bridgehead atoms. The Morgan fingerprint density at radius 3 is 2.68 bits per heavy atom. The van der Waals surface area contributed by atoms with Gasteiger partial charge in [-0.3, -0.25) is 0 Å². The summed E-state index contributed by atoms with van der Waals surface area (Å²) in [5, 5.41) is 4.23. The summed E-state index contributed by atoms with van der Waals surface area (Å²) >= 11 is 1.44. The second-order valence-corrected chi connectivity index (χ2v) is 5.04. The Hall–Kier alpha value is -1.62. The first-order valence-corrected chi connectivity index (χ1v) is 7.28. The van der Waals surface area contributed by atoms with E-state index < -0.39 is 0 Å². The molecule has 4 nitrogen and oxygen atoms in total. The van der Waals surface area contributed by atoms with Gasteiger partial charge in [-0.05, 0) is 30.5 Å². The highest BCUT2D eigenvalue weighted by Crippen LogP contribution is 2.14. The van der Waals surface area contributed by atoms with Gasteiger partial charge < -0.3 is 10.1 Å². The van der Waals surface area contributed by atoms with Crippen molar-refractivity contribution in [2.75, 3.05) is 19.0 Å². The number of rotatable bonds is 7. The highest BCUT2D eigenvalue weighted by Gasteiger charge is 2.02. The van der Waals surface area contributed by atoms with E-state index in [1.54, 1.807) is 7.11 Å². The fourth-order valence-electron chi connectivity index (χ4n) is 1.76. The van der Waals surface area contributed by atoms with Gasteiger partial charge in [0.25, 0.3) is 0 Å². The van der Waals surface area contributed by atoms with Crippen LogP contribution in [-0.2, 0) is 12.8 Å². The number of anilines is 1. The molecule has 0 fully saturated rings. The highest BCUT2D eigenvalue weighted by molar-refractivity contribution is 7.09. The third-order valence-electron chi connectivity index (χ3n) is 2.79. The highest BCUT2D eigenvalue weighted by atomic mass is 32.1. The lowest BCUT2D eigenvalue weighted by atomic mass is 10.1. The van der Waals surface area contributed by atoms with E-state index in [1.807, 2.05) is 12.1 Å². The lowest BCUT2D eigenvalue weighted by Crippen LogP contribution is -2.04. The molecular formula is C14H19N3OS. The molecule has 0 spiro atoms. The first kappa shape index (κ1) is 13.8. The van der Waals surface area contributed by atoms with Crippen LogP contribution in [0.3, 0.4) is 0 Å². The number of aromatic nitrogens is 2. The molecule has 0 unspecified atom stereocenters. The first-order chi connectivity index (χ1) is 9.31. The smallest absolute Gasteiger partial charge is 0.202 e. The van der Waals surface area contributed by atoms with Crippen LogP contribution >= 0.6 is 11.5 Å². The van der Waals surface area contributed by atoms with Crippen molar-refractivity contribution < 1.29 is 4.74 Å². The van der Waals surface area contributed by atoms with E-state index >= 15 is 0 Å². The van der Waals surface area contributed by atoms with Gasteiger partial charge in [0.15, 0.2) is 0 Å². The molecule has 5 heteroatoms. The quantitative estimate of drug-likeness (QED) is 0.844. The minimum atomic E-state index is 0.868. The molecule has 0 radical (unpaired) electrons. The van der Waals surface area contributed by atoms with Gasteiger partial charge in [-0.1, -0.05) is 19.1 Å². The second kappa shape index (κ2) is 7.09. The molecular weight excluding hydrogens is 258 g/mol. The summed E-state index contributed by atoms with van der Waals surface area (Å²) in [7, 11) is 1.68. The lowest BCUT2D eigenvalue weighted by molar-refractivity contribution is 0.414. The number of hydrogen-bond acceptors (Lipinski definition) is 5. The van der Waals surface area contributed by atoms with E-state index in [9.17, 15) is 0 Å². The van der Waals surface area contributed by atoms with Gasteiger partial charge in [-0.2, -0.15) is 4.37 Å². The summed E-state index contributed by atoms with van der Waals surface area (Å²) in [4.78, 5) is 4.43. The van der Waals surface area contributed by atoms with Gasteiger partial charge in [-0.15, -0.1) is 0 Å². The molecule has 1 heterocycles. The molecule has 1 N–H and O–H groups in total. The van der Waals surface area contributed by atoms with E-state index in [2.05, 4.69) is 33.7 Å². The Bertz CT molecular complexity index is 496. The van der Waals surface area contributed by atoms with Gasteiger partial charge in [0.05, 0.1) is 7.11 Å². The number of nitrogens with one attached hydrogen (secondary N) is 1. The van der Waals surface area contributed by atoms with Gasteiger partial charge in [0, 0.05) is 24.5 Å². The van der Waals surface area contributed by atoms with Crippen LogP contribution in [-0.4, -0.2) is 23.0 Å². The zero-order chi connectivity index (χ0) is 13.5. The molecule has 1 aromatic heterocycles. The van der Waals surface area contributed by atoms with Gasteiger partial charge in [-0.25, -0.2) is 4.98 Å². The summed E-state index contributed by atoms with van der Waals surface area (Å²) in [5.74, 6) is 1.84. The first-order valence-electron chi connectivity index (χ1n) is 6.51. The fourth-order valence-corrected chi connectivity index (χ4v) is 2.39. The summed E-state index contributed by atoms with van der Waals surface area (Å²) in [6.45, 7) is 3.00. The molecule has 0 atom stereocenters. The van der Waals surface area contributed by atoms with Crippen LogP contribution in [0.4, 0.5) is 5.13 Å². The maximum absolute atomic E-state index is 5.14. The van der Waals surface area contributed by atoms with Crippen LogP contribution in [0, 0.1) is 0 Å². The molecule has 102 valence electrons. The Labute approximate surface area is 118 Å². The van der Waals surface area contributed by atoms with Crippen LogP contribution < -0.4 is 10.1 Å². The predicted octanol–water partition coefficient (Wildman–Crippen LogP) is 3.15. The van der Waals surface area contributed by atoms with E-state index in [0.29, 0.717) is 0 Å². The van der Waals surface area contributed by atoms with E-state index in [-0.39, 0.29) is 0 Å². The average Bonchev–Trinajstić information content (AvgIpc) is 2.88. The Balaban J connectivity index is 1.78. The molecule has 0 aliphatic carbocycles. The number of methoxy groups -OCH3 is 1. The van der Waals surface area contributed by atoms with Crippen LogP contribution in [0.1, 0.15) is 24.7 Å². The molecule has 0 aliphatic rings. The van der Waals surface area contributed by atoms with Crippen LogP contribution in [0.15, 0.2) is 24.3 Å². The Morgan fingerprint density at radius 1 is 1.21 bits per heavy atom. The van der Waals surface area contributed by atoms with E-state index in [0.717, 1.165) is 42.5 Å². The zero-order valence-corrected chi connectivity index (χ0v) is 12.2. The van der Waals surface area contributed by atoms with Crippen molar-refractivity contribution in [1.29, 1.82) is 0 Å². The molecule has 0 saturated carbocycles. The van der Waals surface area contributed by atoms with Gasteiger partial charge in [0.1, 0.15) is 11.6 Å². The second-order valence-electron chi connectivity index (χ2n) is 4.29. The van der Waals surface area contributed by atoms with E-state index in [1.165, 1.54) is 17.1 Å². The number of aryl methyl sites for hydroxylation is 1. The van der Waals surface area contributed by atoms with Crippen molar-refractivity contribution in [1.82, 2.24) is 9.36 Å². The van der Waals surface area contributed by atoms with Crippen LogP contribution in [0.2, 0.25) is 0 Å². The zero-order valence-electron chi connectivity index (χ0n) is 11.3. The fraction of sp³-hybridized carbons (Fsp3) is 0.429. The monoisotopic (exact) mass is 277 g/mol. The van der Waals surface area contributed by atoms with E-state index in [4.69, 9.17) is 4.74 Å². The molecule has 0 saturated heterocycles. The van der Waals surface area contributed by atoms with Crippen molar-refractivity contribution >= 4 is 16.7 Å². The number of ether oxygens (including phenoxy) is 1. The predicted molar refractivity (Wildman–Crippen MR) is 79.1 cm³/mol. The molecule has 2 aromatic rings. The van der Waals surface area contributed by atoms with Gasteiger partial charge in [0.2, 0.25) is 5.13 Å². The van der Waals surface area contributed by atoms with Crippen molar-refractivity contribution in [2.45, 2.75) is 26.2 Å². The lowest BCUT2D eigenvalue weighted by Gasteiger charge is -2.04. The Kier molecular flexibility index (Phi) is 5.15. The largest absolute Gasteiger partial charge is 0.497 e. The minimum Gasteiger partial charge on any atom is -0.497 e. The third-order valence-corrected chi connectivity index (χ3v) is 3.50. The van der Waals surface area contributed by atoms with Crippen molar-refractivity contribution in [2.24, 2.45) is 0 Å². The maximum atomic E-state index is 5.14. The number of benzene rings is 1. The summed E-state index contributed by atoms with van der Waals surface area (Å²) in [6.07, 6.45) is 3.01. The summed E-state index contributed by atoms with van der Waals surface area (Å²) < 4.78 is 9.44. The van der Waals surface area contributed by atoms with Crippen molar-refractivity contribution in [3.63, 3.8) is 0 Å². The van der Waals surface area contributed by atoms with Gasteiger partial charge >= 0.3 is 0 Å². The van der Waals surface area contributed by atoms with Crippen molar-refractivity contribution in [3.8, 4) is 5.75 Å². The third kappa shape index (κ3) is 4.21. The SMILES string of the molecule is CCCc1nsc(NCCc2ccc(OC)cc2)n1. The normalized spacial score (nSPS) is 10.4. The van der Waals surface area contributed by atoms with Crippen molar-refractivity contribution in [3.05, 3.63) is 35.7 Å². The number of hydrogen-bond donors (Lipinski definition) is 1. The number of nitrogens with zero attached hydrogens (tertiary/aromatic N) is 2. The molecule has 0 aliphatic heterocycles. The summed E-state index contributed by atoms with van der Waals surface area (Å²) in [6, 6.07) is 8.14. The molecule has 19 heavy (non-hydrogen) atoms. The summed E-state index contributed by atoms with van der Waals surface area (Å²) in [5.41, 5.74) is 1.28. The van der Waals surface area contributed by atoms with Crippen LogP contribution in [0.5, 0.6) is 5.75 Å². The standard InChI is InChI=1S/C14H19N3OS/c1-3-4-13-16-14(19-17-13)15-10-9-11-5-7-12(18-2)8-6-11/h5-8H,3-4,9-10H2,1-2H3,(H,15,16,17). The average molecular weight is 277 g/mol. The topological polar surface area (TPSA) is 47.0 Å². The molecule has 0 amide bonds. The Morgan fingerprint density at radius 2 is 2.00 bits per heavy atom.